The lowest BCUT2D eigenvalue weighted by atomic mass is 9.88. The number of ether oxygens (including phenoxy) is 5. The molecule has 0 bridgehead atoms. The number of aliphatic hydroxyl groups is 9. The van der Waals surface area contributed by atoms with Gasteiger partial charge < -0.3 is 69.6 Å². The van der Waals surface area contributed by atoms with Crippen molar-refractivity contribution in [2.24, 2.45) is 11.8 Å². The monoisotopic (exact) mass is 508 g/mol. The quantitative estimate of drug-likeness (QED) is 0.147. The van der Waals surface area contributed by atoms with Gasteiger partial charge >= 0.3 is 0 Å². The molecule has 35 heavy (non-hydrogen) atoms. The van der Waals surface area contributed by atoms with Gasteiger partial charge in [-0.1, -0.05) is 6.08 Å². The maximum atomic E-state index is 10.7. The Morgan fingerprint density at radius 2 is 1.34 bits per heavy atom. The third-order valence-electron chi connectivity index (χ3n) is 6.84. The Balaban J connectivity index is 1.45. The summed E-state index contributed by atoms with van der Waals surface area (Å²) in [4.78, 5) is 0. The van der Waals surface area contributed by atoms with Crippen LogP contribution in [-0.2, 0) is 23.7 Å². The van der Waals surface area contributed by atoms with Crippen molar-refractivity contribution >= 4 is 0 Å². The highest BCUT2D eigenvalue weighted by Gasteiger charge is 2.52. The van der Waals surface area contributed by atoms with Crippen molar-refractivity contribution in [2.45, 2.75) is 73.8 Å². The summed E-state index contributed by atoms with van der Waals surface area (Å²) in [7, 11) is 0. The fraction of sp³-hybridized carbons (Fsp3) is 0.810. The zero-order chi connectivity index (χ0) is 25.4. The zero-order valence-corrected chi connectivity index (χ0v) is 18.5. The molecule has 4 rings (SSSR count). The van der Waals surface area contributed by atoms with Crippen molar-refractivity contribution in [1.29, 1.82) is 0 Å². The summed E-state index contributed by atoms with van der Waals surface area (Å²) in [5.41, 5.74) is 0.463. The van der Waals surface area contributed by atoms with Crippen LogP contribution in [-0.4, -0.2) is 140 Å². The van der Waals surface area contributed by atoms with Gasteiger partial charge in [0.1, 0.15) is 48.8 Å². The first-order valence-corrected chi connectivity index (χ1v) is 11.3. The maximum absolute atomic E-state index is 10.7. The van der Waals surface area contributed by atoms with Crippen LogP contribution in [0.1, 0.15) is 0 Å². The minimum atomic E-state index is -1.78. The van der Waals surface area contributed by atoms with Gasteiger partial charge in [-0.15, -0.1) is 0 Å². The van der Waals surface area contributed by atoms with Gasteiger partial charge in [0, 0.05) is 5.92 Å². The molecule has 1 aliphatic carbocycles. The Morgan fingerprint density at radius 1 is 0.714 bits per heavy atom. The van der Waals surface area contributed by atoms with E-state index in [1.807, 2.05) is 0 Å². The van der Waals surface area contributed by atoms with E-state index in [9.17, 15) is 46.0 Å². The Kier molecular flexibility index (Phi) is 8.44. The van der Waals surface area contributed by atoms with Gasteiger partial charge in [0.05, 0.1) is 38.1 Å². The Bertz CT molecular complexity index is 773. The van der Waals surface area contributed by atoms with E-state index in [1.54, 1.807) is 6.08 Å². The molecule has 0 unspecified atom stereocenters. The van der Waals surface area contributed by atoms with Crippen LogP contribution in [0, 0.1) is 11.8 Å². The Hall–Kier alpha value is -1.24. The van der Waals surface area contributed by atoms with Crippen LogP contribution in [0.3, 0.4) is 0 Å². The number of rotatable bonds is 7. The van der Waals surface area contributed by atoms with Gasteiger partial charge in [0.2, 0.25) is 6.29 Å². The third-order valence-corrected chi connectivity index (χ3v) is 6.84. The fourth-order valence-electron chi connectivity index (χ4n) is 4.86. The molecule has 0 radical (unpaired) electrons. The summed E-state index contributed by atoms with van der Waals surface area (Å²) in [6.07, 6.45) is -13.4. The molecule has 0 aromatic rings. The van der Waals surface area contributed by atoms with Crippen LogP contribution < -0.4 is 0 Å². The summed E-state index contributed by atoms with van der Waals surface area (Å²) in [6, 6.07) is 0. The SMILES string of the molecule is OCC1=C[C@@H](O)[C@@H]2C=CO[C@@H](O[C@@H]3O[C@H](CO)[C@@H](O[C@@H]4O[C@H](CO)[C@@H](O)[C@H](O)[C@H]4O)[C@H](O)[C@H]3O)[C@H]12. The van der Waals surface area contributed by atoms with Crippen LogP contribution in [0.15, 0.2) is 24.0 Å². The van der Waals surface area contributed by atoms with Gasteiger partial charge in [-0.2, -0.15) is 0 Å². The highest BCUT2D eigenvalue weighted by Crippen LogP contribution is 2.41. The summed E-state index contributed by atoms with van der Waals surface area (Å²) >= 11 is 0. The molecule has 0 aromatic heterocycles. The number of hydrogen-bond donors (Lipinski definition) is 9. The van der Waals surface area contributed by atoms with Crippen molar-refractivity contribution in [1.82, 2.24) is 0 Å². The van der Waals surface area contributed by atoms with E-state index in [4.69, 9.17) is 23.7 Å². The van der Waals surface area contributed by atoms with E-state index in [2.05, 4.69) is 0 Å². The normalized spacial score (nSPS) is 49.9. The predicted molar refractivity (Wildman–Crippen MR) is 110 cm³/mol. The lowest BCUT2D eigenvalue weighted by Gasteiger charge is -2.46. The van der Waals surface area contributed by atoms with Crippen LogP contribution in [0.25, 0.3) is 0 Å². The minimum Gasteiger partial charge on any atom is -0.472 e. The molecule has 0 spiro atoms. The van der Waals surface area contributed by atoms with Crippen molar-refractivity contribution in [3.05, 3.63) is 24.0 Å². The van der Waals surface area contributed by atoms with E-state index in [0.717, 1.165) is 0 Å². The molecule has 3 heterocycles. The molecule has 4 aliphatic rings. The molecular weight excluding hydrogens is 476 g/mol. The van der Waals surface area contributed by atoms with Crippen LogP contribution >= 0.6 is 0 Å². The van der Waals surface area contributed by atoms with Crippen molar-refractivity contribution < 1.29 is 69.6 Å². The minimum absolute atomic E-state index is 0.361. The summed E-state index contributed by atoms with van der Waals surface area (Å²) in [6.45, 7) is -1.78. The fourth-order valence-corrected chi connectivity index (χ4v) is 4.86. The van der Waals surface area contributed by atoms with Crippen molar-refractivity contribution in [2.75, 3.05) is 19.8 Å². The molecule has 0 saturated carbocycles. The van der Waals surface area contributed by atoms with E-state index >= 15 is 0 Å². The first-order valence-electron chi connectivity index (χ1n) is 11.3. The second-order valence-corrected chi connectivity index (χ2v) is 8.97. The molecule has 200 valence electrons. The van der Waals surface area contributed by atoms with Gasteiger partial charge in [0.25, 0.3) is 0 Å². The van der Waals surface area contributed by atoms with E-state index < -0.39 is 98.9 Å². The second-order valence-electron chi connectivity index (χ2n) is 8.97. The van der Waals surface area contributed by atoms with Gasteiger partial charge in [-0.05, 0) is 11.6 Å². The number of aliphatic hydroxyl groups excluding tert-OH is 9. The summed E-state index contributed by atoms with van der Waals surface area (Å²) in [5.74, 6) is -1.04. The van der Waals surface area contributed by atoms with Gasteiger partial charge in [-0.25, -0.2) is 0 Å². The van der Waals surface area contributed by atoms with Crippen LogP contribution in [0.2, 0.25) is 0 Å². The van der Waals surface area contributed by atoms with E-state index in [1.165, 1.54) is 12.3 Å². The molecule has 0 amide bonds. The van der Waals surface area contributed by atoms with Crippen molar-refractivity contribution in [3.63, 3.8) is 0 Å². The molecule has 14 atom stereocenters. The largest absolute Gasteiger partial charge is 0.472 e. The molecule has 0 aromatic carbocycles. The number of fused-ring (bicyclic) bond motifs is 1. The molecular formula is C21H32O14. The Labute approximate surface area is 199 Å². The van der Waals surface area contributed by atoms with Crippen LogP contribution in [0.4, 0.5) is 0 Å². The first kappa shape index (κ1) is 26.8. The topological polar surface area (TPSA) is 228 Å². The highest BCUT2D eigenvalue weighted by atomic mass is 16.8. The lowest BCUT2D eigenvalue weighted by Crippen LogP contribution is -2.65. The first-order chi connectivity index (χ1) is 16.7. The van der Waals surface area contributed by atoms with Crippen LogP contribution in [0.5, 0.6) is 0 Å². The third kappa shape index (κ3) is 5.00. The molecule has 9 N–H and O–H groups in total. The average molecular weight is 508 g/mol. The smallest absolute Gasteiger partial charge is 0.209 e. The maximum Gasteiger partial charge on any atom is 0.209 e. The lowest BCUT2D eigenvalue weighted by molar-refractivity contribution is -0.373. The number of hydrogen-bond acceptors (Lipinski definition) is 14. The molecule has 14 nitrogen and oxygen atoms in total. The molecule has 2 fully saturated rings. The van der Waals surface area contributed by atoms with Gasteiger partial charge in [0.15, 0.2) is 12.6 Å². The Morgan fingerprint density at radius 3 is 2.00 bits per heavy atom. The molecule has 14 heteroatoms. The summed E-state index contributed by atoms with van der Waals surface area (Å²) < 4.78 is 27.6. The predicted octanol–water partition coefficient (Wildman–Crippen LogP) is -4.98. The van der Waals surface area contributed by atoms with E-state index in [-0.39, 0.29) is 6.61 Å². The molecule has 2 saturated heterocycles. The standard InChI is InChI=1S/C21H32O14/c22-4-7-3-9(25)8-1-2-31-19(12(7)8)35-21-17(30)15(28)18(11(6-24)33-21)34-20-16(29)14(27)13(26)10(5-23)32-20/h1-3,8-30H,4-6H2/t8-,9+,10+,11+,12+,13+,14-,15+,16+,17+,18+,19-,20-,21-/m0/s1. The second kappa shape index (κ2) is 11.0. The zero-order valence-electron chi connectivity index (χ0n) is 18.5. The van der Waals surface area contributed by atoms with Crippen molar-refractivity contribution in [3.8, 4) is 0 Å². The van der Waals surface area contributed by atoms with E-state index in [0.29, 0.717) is 5.57 Å². The summed E-state index contributed by atoms with van der Waals surface area (Å²) in [5, 5.41) is 90.5. The highest BCUT2D eigenvalue weighted by molar-refractivity contribution is 5.25. The average Bonchev–Trinajstić information content (AvgIpc) is 3.20. The molecule has 3 aliphatic heterocycles. The van der Waals surface area contributed by atoms with Gasteiger partial charge in [-0.3, -0.25) is 0 Å².